The molecule has 1 fully saturated rings. The molecule has 1 aliphatic heterocycles. The Hall–Kier alpha value is -1.76. The summed E-state index contributed by atoms with van der Waals surface area (Å²) < 4.78 is 0. The highest BCUT2D eigenvalue weighted by Gasteiger charge is 2.13. The van der Waals surface area contributed by atoms with Crippen molar-refractivity contribution in [2.24, 2.45) is 0 Å². The van der Waals surface area contributed by atoms with Gasteiger partial charge in [-0.25, -0.2) is 4.98 Å². The Kier molecular flexibility index (Phi) is 5.02. The summed E-state index contributed by atoms with van der Waals surface area (Å²) in [5.41, 5.74) is 5.57. The van der Waals surface area contributed by atoms with Gasteiger partial charge in [0.15, 0.2) is 5.11 Å². The van der Waals surface area contributed by atoms with Crippen molar-refractivity contribution in [2.45, 2.75) is 25.7 Å². The van der Waals surface area contributed by atoms with Crippen LogP contribution >= 0.6 is 12.2 Å². The van der Waals surface area contributed by atoms with E-state index in [2.05, 4.69) is 25.7 Å². The molecule has 1 aliphatic rings. The maximum atomic E-state index is 11.7. The van der Waals surface area contributed by atoms with Crippen molar-refractivity contribution in [3.05, 3.63) is 24.3 Å². The number of carbonyl (C=O) groups excluding carboxylic acids is 1. The molecule has 0 aliphatic carbocycles. The van der Waals surface area contributed by atoms with E-state index in [1.54, 1.807) is 0 Å². The first-order valence-electron chi connectivity index (χ1n) is 6.38. The monoisotopic (exact) mass is 279 g/mol. The Labute approximate surface area is 117 Å². The van der Waals surface area contributed by atoms with Crippen LogP contribution in [0.4, 0.5) is 0 Å². The minimum absolute atomic E-state index is 0.258. The summed E-state index contributed by atoms with van der Waals surface area (Å²) in [4.78, 5) is 21.6. The number of carbonyl (C=O) groups is 1. The maximum Gasteiger partial charge on any atom is 0.289 e. The fraction of sp³-hybridized carbons (Fsp3) is 0.500. The summed E-state index contributed by atoms with van der Waals surface area (Å²) >= 11 is 5.27. The molecule has 2 N–H and O–H groups in total. The third kappa shape index (κ3) is 4.13. The molecule has 0 aromatic carbocycles. The van der Waals surface area contributed by atoms with Crippen molar-refractivity contribution in [2.75, 3.05) is 13.1 Å². The van der Waals surface area contributed by atoms with Gasteiger partial charge >= 0.3 is 0 Å². The molecule has 0 atom stereocenters. The SMILES string of the molecule is O=C(NNC(=S)N1CCCCCC1)c1cnccn1. The summed E-state index contributed by atoms with van der Waals surface area (Å²) in [5.74, 6) is -0.342. The third-order valence-corrected chi connectivity index (χ3v) is 3.33. The Morgan fingerprint density at radius 2 is 1.89 bits per heavy atom. The first-order valence-corrected chi connectivity index (χ1v) is 6.79. The normalized spacial score (nSPS) is 15.5. The molecular weight excluding hydrogens is 262 g/mol. The standard InChI is InChI=1S/C12H17N5OS/c18-11(10-9-13-5-6-14-10)15-16-12(19)17-7-3-1-2-4-8-17/h5-6,9H,1-4,7-8H2,(H,15,18)(H,16,19). The van der Waals surface area contributed by atoms with E-state index in [-0.39, 0.29) is 11.6 Å². The molecule has 0 spiro atoms. The van der Waals surface area contributed by atoms with Gasteiger partial charge in [-0.15, -0.1) is 0 Å². The van der Waals surface area contributed by atoms with Gasteiger partial charge in [0, 0.05) is 25.5 Å². The van der Waals surface area contributed by atoms with Crippen molar-refractivity contribution in [1.82, 2.24) is 25.7 Å². The highest BCUT2D eigenvalue weighted by atomic mass is 32.1. The fourth-order valence-corrected chi connectivity index (χ4v) is 2.18. The number of hydrogen-bond acceptors (Lipinski definition) is 4. The Bertz CT molecular complexity index is 431. The first-order chi connectivity index (χ1) is 9.27. The minimum atomic E-state index is -0.342. The zero-order valence-electron chi connectivity index (χ0n) is 10.6. The molecule has 0 unspecified atom stereocenters. The van der Waals surface area contributed by atoms with Gasteiger partial charge in [-0.2, -0.15) is 0 Å². The average molecular weight is 279 g/mol. The van der Waals surface area contributed by atoms with E-state index in [9.17, 15) is 4.79 Å². The van der Waals surface area contributed by atoms with E-state index < -0.39 is 0 Å². The average Bonchev–Trinajstić information content (AvgIpc) is 2.74. The van der Waals surface area contributed by atoms with E-state index in [4.69, 9.17) is 12.2 Å². The second-order valence-corrected chi connectivity index (χ2v) is 4.76. The van der Waals surface area contributed by atoms with E-state index >= 15 is 0 Å². The molecule has 1 aromatic rings. The smallest absolute Gasteiger partial charge is 0.289 e. The highest BCUT2D eigenvalue weighted by molar-refractivity contribution is 7.80. The molecule has 102 valence electrons. The molecule has 7 heteroatoms. The van der Waals surface area contributed by atoms with Crippen LogP contribution in [0.2, 0.25) is 0 Å². The van der Waals surface area contributed by atoms with E-state index in [1.807, 2.05) is 0 Å². The third-order valence-electron chi connectivity index (χ3n) is 2.97. The number of amides is 1. The summed E-state index contributed by atoms with van der Waals surface area (Å²) in [6.45, 7) is 1.87. The molecule has 2 rings (SSSR count). The molecule has 0 saturated carbocycles. The number of thiocarbonyl (C=S) groups is 1. The van der Waals surface area contributed by atoms with Crippen molar-refractivity contribution < 1.29 is 4.79 Å². The summed E-state index contributed by atoms with van der Waals surface area (Å²) in [6.07, 6.45) is 9.16. The quantitative estimate of drug-likeness (QED) is 0.587. The lowest BCUT2D eigenvalue weighted by Crippen LogP contribution is -2.49. The van der Waals surface area contributed by atoms with Crippen LogP contribution in [0.3, 0.4) is 0 Å². The molecule has 1 aromatic heterocycles. The fourth-order valence-electron chi connectivity index (χ4n) is 1.94. The van der Waals surface area contributed by atoms with Gasteiger partial charge < -0.3 is 4.90 Å². The number of aromatic nitrogens is 2. The zero-order valence-corrected chi connectivity index (χ0v) is 11.4. The molecule has 6 nitrogen and oxygen atoms in total. The van der Waals surface area contributed by atoms with Crippen LogP contribution in [0.5, 0.6) is 0 Å². The molecule has 1 saturated heterocycles. The van der Waals surface area contributed by atoms with Crippen LogP contribution in [0, 0.1) is 0 Å². The molecule has 0 radical (unpaired) electrons. The van der Waals surface area contributed by atoms with E-state index in [1.165, 1.54) is 31.4 Å². The molecule has 19 heavy (non-hydrogen) atoms. The van der Waals surface area contributed by atoms with Crippen LogP contribution in [0.15, 0.2) is 18.6 Å². The van der Waals surface area contributed by atoms with Crippen molar-refractivity contribution in [3.63, 3.8) is 0 Å². The predicted molar refractivity (Wildman–Crippen MR) is 75.3 cm³/mol. The number of nitrogens with zero attached hydrogens (tertiary/aromatic N) is 3. The minimum Gasteiger partial charge on any atom is -0.348 e. The second kappa shape index (κ2) is 6.98. The number of hydrogen-bond donors (Lipinski definition) is 2. The Balaban J connectivity index is 1.81. The van der Waals surface area contributed by atoms with Crippen LogP contribution < -0.4 is 10.9 Å². The molecular formula is C12H17N5OS. The van der Waals surface area contributed by atoms with Gasteiger partial charge in [-0.1, -0.05) is 12.8 Å². The van der Waals surface area contributed by atoms with Crippen LogP contribution in [-0.2, 0) is 0 Å². The molecule has 2 heterocycles. The van der Waals surface area contributed by atoms with Crippen LogP contribution in [-0.4, -0.2) is 39.0 Å². The maximum absolute atomic E-state index is 11.7. The summed E-state index contributed by atoms with van der Waals surface area (Å²) in [7, 11) is 0. The second-order valence-electron chi connectivity index (χ2n) is 4.38. The first kappa shape index (κ1) is 13.7. The van der Waals surface area contributed by atoms with Crippen LogP contribution in [0.1, 0.15) is 36.2 Å². The number of likely N-dealkylation sites (tertiary alicyclic amines) is 1. The van der Waals surface area contributed by atoms with Gasteiger partial charge in [0.25, 0.3) is 5.91 Å². The lowest BCUT2D eigenvalue weighted by molar-refractivity contribution is 0.0936. The van der Waals surface area contributed by atoms with Gasteiger partial charge in [0.05, 0.1) is 6.20 Å². The van der Waals surface area contributed by atoms with Crippen LogP contribution in [0.25, 0.3) is 0 Å². The van der Waals surface area contributed by atoms with Gasteiger partial charge in [-0.05, 0) is 25.1 Å². The summed E-state index contributed by atoms with van der Waals surface area (Å²) in [6, 6.07) is 0. The number of nitrogens with one attached hydrogen (secondary N) is 2. The summed E-state index contributed by atoms with van der Waals surface area (Å²) in [5, 5.41) is 0.555. The Morgan fingerprint density at radius 1 is 1.16 bits per heavy atom. The lowest BCUT2D eigenvalue weighted by Gasteiger charge is -2.23. The number of hydrazine groups is 1. The van der Waals surface area contributed by atoms with Gasteiger partial charge in [0.2, 0.25) is 0 Å². The highest BCUT2D eigenvalue weighted by Crippen LogP contribution is 2.09. The topological polar surface area (TPSA) is 70.2 Å². The predicted octanol–water partition coefficient (Wildman–Crippen LogP) is 0.872. The van der Waals surface area contributed by atoms with Crippen molar-refractivity contribution >= 4 is 23.2 Å². The van der Waals surface area contributed by atoms with E-state index in [0.29, 0.717) is 5.11 Å². The number of rotatable bonds is 1. The largest absolute Gasteiger partial charge is 0.348 e. The Morgan fingerprint density at radius 3 is 2.53 bits per heavy atom. The van der Waals surface area contributed by atoms with Gasteiger partial charge in [-0.3, -0.25) is 20.6 Å². The zero-order chi connectivity index (χ0) is 13.5. The molecule has 1 amide bonds. The van der Waals surface area contributed by atoms with Crippen molar-refractivity contribution in [3.8, 4) is 0 Å². The molecule has 0 bridgehead atoms. The lowest BCUT2D eigenvalue weighted by atomic mass is 10.2. The van der Waals surface area contributed by atoms with Gasteiger partial charge in [0.1, 0.15) is 5.69 Å². The van der Waals surface area contributed by atoms with Crippen molar-refractivity contribution in [1.29, 1.82) is 0 Å². The van der Waals surface area contributed by atoms with E-state index in [0.717, 1.165) is 25.9 Å².